The molecule has 0 aromatic heterocycles. The van der Waals surface area contributed by atoms with Gasteiger partial charge in [-0.05, 0) is 12.8 Å². The van der Waals surface area contributed by atoms with E-state index < -0.39 is 11.9 Å². The minimum Gasteiger partial charge on any atom is -0.463 e. The minimum atomic E-state index is -0.455. The van der Waals surface area contributed by atoms with E-state index in [0.29, 0.717) is 13.2 Å². The Morgan fingerprint density at radius 1 is 0.435 bits per heavy atom. The quantitative estimate of drug-likeness (QED) is 0.0231. The first-order valence-corrected chi connectivity index (χ1v) is 19.3. The third-order valence-electron chi connectivity index (χ3n) is 8.09. The highest BCUT2D eigenvalue weighted by molar-refractivity contribution is 5.91. The van der Waals surface area contributed by atoms with Gasteiger partial charge >= 0.3 is 17.9 Å². The van der Waals surface area contributed by atoms with E-state index in [1.165, 1.54) is 173 Å². The van der Waals surface area contributed by atoms with Gasteiger partial charge in [0, 0.05) is 19.1 Å². The topological polar surface area (TPSA) is 78.9 Å². The number of rotatable bonds is 33. The van der Waals surface area contributed by atoms with Crippen molar-refractivity contribution in [1.29, 1.82) is 0 Å². The van der Waals surface area contributed by atoms with Gasteiger partial charge in [-0.25, -0.2) is 9.59 Å². The van der Waals surface area contributed by atoms with Crippen LogP contribution in [0.5, 0.6) is 0 Å². The number of carbonyl (C=O) groups is 3. The van der Waals surface area contributed by atoms with Crippen molar-refractivity contribution in [2.24, 2.45) is 0 Å². The van der Waals surface area contributed by atoms with Crippen LogP contribution in [0.25, 0.3) is 0 Å². The van der Waals surface area contributed by atoms with E-state index in [0.717, 1.165) is 31.9 Å². The Bertz CT molecular complexity index is 654. The van der Waals surface area contributed by atoms with Gasteiger partial charge in [0.2, 0.25) is 0 Å². The van der Waals surface area contributed by atoms with Gasteiger partial charge in [0.1, 0.15) is 0 Å². The van der Waals surface area contributed by atoms with Crippen LogP contribution in [-0.2, 0) is 28.6 Å². The molecule has 0 amide bonds. The van der Waals surface area contributed by atoms with Gasteiger partial charge in [0.05, 0.1) is 19.5 Å². The van der Waals surface area contributed by atoms with E-state index in [1.54, 1.807) is 0 Å². The third kappa shape index (κ3) is 44.0. The van der Waals surface area contributed by atoms with Crippen LogP contribution in [0.1, 0.15) is 201 Å². The molecule has 0 aliphatic heterocycles. The summed E-state index contributed by atoms with van der Waals surface area (Å²) in [7, 11) is 0. The smallest absolute Gasteiger partial charge is 0.331 e. The number of esters is 3. The molecule has 270 valence electrons. The van der Waals surface area contributed by atoms with E-state index in [9.17, 15) is 14.4 Å². The predicted octanol–water partition coefficient (Wildman–Crippen LogP) is 12.3. The minimum absolute atomic E-state index is 0.329. The van der Waals surface area contributed by atoms with E-state index >= 15 is 0 Å². The molecule has 0 bridgehead atoms. The molecule has 0 N–H and O–H groups in total. The Morgan fingerprint density at radius 3 is 0.870 bits per heavy atom. The number of ether oxygens (including phenoxy) is 3. The second kappa shape index (κ2) is 40.9. The lowest BCUT2D eigenvalue weighted by Gasteiger charge is -2.04. The highest BCUT2D eigenvalue weighted by Crippen LogP contribution is 2.14. The second-order valence-corrected chi connectivity index (χ2v) is 12.6. The molecule has 0 unspecified atom stereocenters. The van der Waals surface area contributed by atoms with Crippen LogP contribution < -0.4 is 0 Å². The Balaban J connectivity index is 0. The molecule has 6 heteroatoms. The van der Waals surface area contributed by atoms with Crippen molar-refractivity contribution in [3.8, 4) is 0 Å². The Morgan fingerprint density at radius 2 is 0.674 bits per heavy atom. The molecule has 0 aromatic rings. The standard InChI is InChI=1S/C36H68O4.C4H6O2/c1-3-5-7-9-11-13-15-17-19-21-23-25-27-29-33-39-35(37)31-32-36(38)40-34-30-28-26-24-22-20-18-16-14-12-10-8-6-4-2;1-3-6-4(2)5/h31-32H,3-30,33-34H2,1-2H3;3H,1H2,2H3/b32-31-;. The van der Waals surface area contributed by atoms with Crippen LogP contribution in [0.4, 0.5) is 0 Å². The second-order valence-electron chi connectivity index (χ2n) is 12.6. The number of hydrogen-bond acceptors (Lipinski definition) is 6. The van der Waals surface area contributed by atoms with Crippen LogP contribution in [0.3, 0.4) is 0 Å². The fourth-order valence-corrected chi connectivity index (χ4v) is 5.29. The first-order chi connectivity index (χ1) is 22.5. The maximum Gasteiger partial charge on any atom is 0.331 e. The van der Waals surface area contributed by atoms with Crippen molar-refractivity contribution in [1.82, 2.24) is 0 Å². The van der Waals surface area contributed by atoms with Gasteiger partial charge < -0.3 is 14.2 Å². The highest BCUT2D eigenvalue weighted by Gasteiger charge is 2.02. The maximum absolute atomic E-state index is 11.8. The van der Waals surface area contributed by atoms with Crippen LogP contribution in [0, 0.1) is 0 Å². The summed E-state index contributed by atoms with van der Waals surface area (Å²) in [6.07, 6.45) is 40.0. The van der Waals surface area contributed by atoms with Crippen molar-refractivity contribution in [3.05, 3.63) is 25.0 Å². The zero-order valence-corrected chi connectivity index (χ0v) is 30.6. The van der Waals surface area contributed by atoms with Gasteiger partial charge in [-0.2, -0.15) is 0 Å². The van der Waals surface area contributed by atoms with Crippen LogP contribution >= 0.6 is 0 Å². The molecule has 0 aliphatic rings. The summed E-state index contributed by atoms with van der Waals surface area (Å²) >= 11 is 0. The summed E-state index contributed by atoms with van der Waals surface area (Å²) in [4.78, 5) is 33.3. The SMILES string of the molecule is C=COC(C)=O.CCCCCCCCCCCCCCCCOC(=O)/C=C\C(=O)OCCCCCCCCCCCCCCCC. The zero-order valence-electron chi connectivity index (χ0n) is 30.6. The molecule has 0 saturated carbocycles. The molecular formula is C40H74O6. The van der Waals surface area contributed by atoms with Crippen molar-refractivity contribution in [3.63, 3.8) is 0 Å². The Kier molecular flexibility index (Phi) is 40.9. The lowest BCUT2D eigenvalue weighted by atomic mass is 10.0. The number of carbonyl (C=O) groups excluding carboxylic acids is 3. The molecule has 46 heavy (non-hydrogen) atoms. The number of hydrogen-bond donors (Lipinski definition) is 0. The van der Waals surface area contributed by atoms with Crippen LogP contribution in [0.15, 0.2) is 25.0 Å². The van der Waals surface area contributed by atoms with Crippen LogP contribution in [0.2, 0.25) is 0 Å². The highest BCUT2D eigenvalue weighted by atomic mass is 16.5. The fraction of sp³-hybridized carbons (Fsp3) is 0.825. The molecule has 0 spiro atoms. The lowest BCUT2D eigenvalue weighted by Crippen LogP contribution is -2.06. The number of unbranched alkanes of at least 4 members (excludes halogenated alkanes) is 26. The lowest BCUT2D eigenvalue weighted by molar-refractivity contribution is -0.140. The Labute approximate surface area is 284 Å². The molecule has 0 rings (SSSR count). The monoisotopic (exact) mass is 651 g/mol. The van der Waals surface area contributed by atoms with Gasteiger partial charge in [-0.1, -0.05) is 187 Å². The summed E-state index contributed by atoms with van der Waals surface area (Å²) in [6, 6.07) is 0. The molecule has 0 heterocycles. The van der Waals surface area contributed by atoms with Gasteiger partial charge in [0.15, 0.2) is 0 Å². The molecule has 6 nitrogen and oxygen atoms in total. The largest absolute Gasteiger partial charge is 0.463 e. The molecule has 0 aromatic carbocycles. The van der Waals surface area contributed by atoms with Crippen molar-refractivity contribution < 1.29 is 28.6 Å². The van der Waals surface area contributed by atoms with E-state index in [4.69, 9.17) is 9.47 Å². The fourth-order valence-electron chi connectivity index (χ4n) is 5.29. The molecule has 0 saturated heterocycles. The summed E-state index contributed by atoms with van der Waals surface area (Å²) in [6.45, 7) is 9.87. The van der Waals surface area contributed by atoms with Gasteiger partial charge in [-0.15, -0.1) is 0 Å². The normalized spacial score (nSPS) is 10.8. The summed E-state index contributed by atoms with van der Waals surface area (Å²) in [5.41, 5.74) is 0. The molecular weight excluding hydrogens is 576 g/mol. The third-order valence-corrected chi connectivity index (χ3v) is 8.09. The predicted molar refractivity (Wildman–Crippen MR) is 194 cm³/mol. The molecule has 0 aliphatic carbocycles. The molecule has 0 atom stereocenters. The van der Waals surface area contributed by atoms with Crippen molar-refractivity contribution in [2.45, 2.75) is 201 Å². The Hall–Kier alpha value is -2.11. The average Bonchev–Trinajstić information content (AvgIpc) is 3.04. The van der Waals surface area contributed by atoms with E-state index in [-0.39, 0.29) is 5.97 Å². The van der Waals surface area contributed by atoms with Crippen molar-refractivity contribution in [2.75, 3.05) is 13.2 Å². The summed E-state index contributed by atoms with van der Waals surface area (Å²) in [5, 5.41) is 0. The average molecular weight is 651 g/mol. The first-order valence-electron chi connectivity index (χ1n) is 19.3. The van der Waals surface area contributed by atoms with Gasteiger partial charge in [0.25, 0.3) is 0 Å². The van der Waals surface area contributed by atoms with E-state index in [1.807, 2.05) is 0 Å². The van der Waals surface area contributed by atoms with E-state index in [2.05, 4.69) is 25.2 Å². The summed E-state index contributed by atoms with van der Waals surface area (Å²) in [5.74, 6) is -1.24. The molecule has 0 fully saturated rings. The van der Waals surface area contributed by atoms with Gasteiger partial charge in [-0.3, -0.25) is 4.79 Å². The molecule has 0 radical (unpaired) electrons. The first kappa shape index (κ1) is 46.0. The maximum atomic E-state index is 11.8. The zero-order chi connectivity index (χ0) is 34.2. The van der Waals surface area contributed by atoms with Crippen molar-refractivity contribution >= 4 is 17.9 Å². The van der Waals surface area contributed by atoms with Crippen LogP contribution in [-0.4, -0.2) is 31.1 Å². The summed E-state index contributed by atoms with van der Waals surface area (Å²) < 4.78 is 14.6.